The van der Waals surface area contributed by atoms with Crippen LogP contribution in [0.15, 0.2) is 64.7 Å². The van der Waals surface area contributed by atoms with Crippen LogP contribution >= 0.6 is 23.4 Å². The molecule has 0 saturated carbocycles. The summed E-state index contributed by atoms with van der Waals surface area (Å²) >= 11 is 7.77. The van der Waals surface area contributed by atoms with Gasteiger partial charge in [-0.05, 0) is 35.9 Å². The maximum absolute atomic E-state index is 12.5. The third kappa shape index (κ3) is 2.90. The quantitative estimate of drug-likeness (QED) is 0.397. The molecule has 0 N–H and O–H groups in total. The van der Waals surface area contributed by atoms with Crippen molar-refractivity contribution in [1.29, 1.82) is 0 Å². The number of para-hydroxylation sites is 1. The van der Waals surface area contributed by atoms with Gasteiger partial charge < -0.3 is 0 Å². The van der Waals surface area contributed by atoms with Gasteiger partial charge in [-0.15, -0.1) is 0 Å². The average molecular weight is 368 g/mol. The minimum absolute atomic E-state index is 0.0350. The van der Waals surface area contributed by atoms with Crippen LogP contribution in [-0.2, 0) is 12.8 Å². The first-order valence-electron chi connectivity index (χ1n) is 7.76. The summed E-state index contributed by atoms with van der Waals surface area (Å²) in [6.07, 6.45) is 1.76. The van der Waals surface area contributed by atoms with E-state index in [1.807, 2.05) is 42.5 Å². The van der Waals surface area contributed by atoms with Crippen molar-refractivity contribution in [1.82, 2.24) is 14.5 Å². The van der Waals surface area contributed by atoms with E-state index in [1.54, 1.807) is 23.9 Å². The zero-order chi connectivity index (χ0) is 17.4. The molecule has 0 aliphatic carbocycles. The Morgan fingerprint density at radius 1 is 1.08 bits per heavy atom. The van der Waals surface area contributed by atoms with Gasteiger partial charge in [0.05, 0.1) is 16.4 Å². The highest BCUT2D eigenvalue weighted by Crippen LogP contribution is 2.29. The number of aromatic nitrogens is 3. The van der Waals surface area contributed by atoms with Gasteiger partial charge in [0.25, 0.3) is 5.56 Å². The van der Waals surface area contributed by atoms with E-state index in [-0.39, 0.29) is 5.56 Å². The minimum atomic E-state index is -0.0350. The molecule has 6 heteroatoms. The van der Waals surface area contributed by atoms with Crippen LogP contribution in [-0.4, -0.2) is 14.5 Å². The van der Waals surface area contributed by atoms with Crippen LogP contribution in [0.2, 0.25) is 5.02 Å². The highest BCUT2D eigenvalue weighted by molar-refractivity contribution is 7.98. The Balaban J connectivity index is 1.73. The van der Waals surface area contributed by atoms with Gasteiger partial charge in [0, 0.05) is 29.4 Å². The molecule has 4 aromatic rings. The zero-order valence-corrected chi connectivity index (χ0v) is 15.0. The molecule has 4 nitrogen and oxygen atoms in total. The van der Waals surface area contributed by atoms with Gasteiger partial charge in [-0.1, -0.05) is 41.6 Å². The zero-order valence-electron chi connectivity index (χ0n) is 13.4. The molecule has 124 valence electrons. The van der Waals surface area contributed by atoms with Crippen molar-refractivity contribution < 1.29 is 0 Å². The average Bonchev–Trinajstić information content (AvgIpc) is 2.65. The fourth-order valence-corrected chi connectivity index (χ4v) is 3.95. The molecular formula is C19H14ClN3OS. The van der Waals surface area contributed by atoms with Crippen LogP contribution in [0.3, 0.4) is 0 Å². The van der Waals surface area contributed by atoms with Crippen molar-refractivity contribution >= 4 is 45.2 Å². The lowest BCUT2D eigenvalue weighted by Gasteiger charge is -2.10. The van der Waals surface area contributed by atoms with E-state index in [9.17, 15) is 4.79 Å². The van der Waals surface area contributed by atoms with Crippen LogP contribution in [0.1, 0.15) is 5.56 Å². The molecule has 0 aliphatic rings. The Labute approximate surface area is 153 Å². The molecule has 2 aromatic heterocycles. The molecule has 2 heterocycles. The third-order valence-corrected chi connectivity index (χ3v) is 5.51. The number of fused-ring (bicyclic) bond motifs is 2. The standard InChI is InChI=1S/C19H14ClN3OS/c1-23-18(24)14-5-2-3-7-16(14)22-19(23)25-11-12-8-9-15(20)13-6-4-10-21-17(12)13/h2-10H,11H2,1H3. The predicted octanol–water partition coefficient (Wildman–Crippen LogP) is 4.43. The van der Waals surface area contributed by atoms with Gasteiger partial charge in [0.2, 0.25) is 0 Å². The Morgan fingerprint density at radius 3 is 2.76 bits per heavy atom. The lowest BCUT2D eigenvalue weighted by atomic mass is 10.1. The molecule has 0 atom stereocenters. The van der Waals surface area contributed by atoms with Gasteiger partial charge in [-0.25, -0.2) is 4.98 Å². The van der Waals surface area contributed by atoms with E-state index in [4.69, 9.17) is 11.6 Å². The number of hydrogen-bond acceptors (Lipinski definition) is 4. The fraction of sp³-hybridized carbons (Fsp3) is 0.105. The second kappa shape index (κ2) is 6.50. The first-order valence-corrected chi connectivity index (χ1v) is 9.12. The van der Waals surface area contributed by atoms with E-state index in [0.717, 1.165) is 16.5 Å². The van der Waals surface area contributed by atoms with Crippen LogP contribution in [0, 0.1) is 0 Å². The number of halogens is 1. The molecule has 0 bridgehead atoms. The van der Waals surface area contributed by atoms with Gasteiger partial charge in [0.15, 0.2) is 5.16 Å². The third-order valence-electron chi connectivity index (χ3n) is 4.10. The van der Waals surface area contributed by atoms with Gasteiger partial charge >= 0.3 is 0 Å². The van der Waals surface area contributed by atoms with E-state index in [2.05, 4.69) is 9.97 Å². The highest BCUT2D eigenvalue weighted by atomic mass is 35.5. The summed E-state index contributed by atoms with van der Waals surface area (Å²) in [6.45, 7) is 0. The molecular weight excluding hydrogens is 354 g/mol. The fourth-order valence-electron chi connectivity index (χ4n) is 2.78. The largest absolute Gasteiger partial charge is 0.290 e. The maximum Gasteiger partial charge on any atom is 0.261 e. The summed E-state index contributed by atoms with van der Waals surface area (Å²) in [5.41, 5.74) is 2.63. The summed E-state index contributed by atoms with van der Waals surface area (Å²) in [6, 6.07) is 15.1. The summed E-state index contributed by atoms with van der Waals surface area (Å²) in [5, 5.41) is 2.94. The molecule has 25 heavy (non-hydrogen) atoms. The topological polar surface area (TPSA) is 47.8 Å². The van der Waals surface area contributed by atoms with Crippen molar-refractivity contribution in [3.8, 4) is 0 Å². The van der Waals surface area contributed by atoms with Crippen molar-refractivity contribution in [3.05, 3.63) is 75.7 Å². The van der Waals surface area contributed by atoms with E-state index in [0.29, 0.717) is 26.8 Å². The van der Waals surface area contributed by atoms with E-state index < -0.39 is 0 Å². The first-order chi connectivity index (χ1) is 12.1. The predicted molar refractivity (Wildman–Crippen MR) is 103 cm³/mol. The molecule has 0 saturated heterocycles. The summed E-state index contributed by atoms with van der Waals surface area (Å²) < 4.78 is 1.60. The first kappa shape index (κ1) is 16.1. The summed E-state index contributed by atoms with van der Waals surface area (Å²) in [5.74, 6) is 0.656. The molecule has 0 spiro atoms. The Hall–Kier alpha value is -2.37. The monoisotopic (exact) mass is 367 g/mol. The van der Waals surface area contributed by atoms with Crippen molar-refractivity contribution in [3.63, 3.8) is 0 Å². The van der Waals surface area contributed by atoms with Crippen LogP contribution in [0.25, 0.3) is 21.8 Å². The number of thioether (sulfide) groups is 1. The lowest BCUT2D eigenvalue weighted by molar-refractivity contribution is 0.726. The number of pyridine rings is 1. The maximum atomic E-state index is 12.5. The minimum Gasteiger partial charge on any atom is -0.290 e. The van der Waals surface area contributed by atoms with E-state index >= 15 is 0 Å². The van der Waals surface area contributed by atoms with Crippen LogP contribution in [0.4, 0.5) is 0 Å². The van der Waals surface area contributed by atoms with Crippen molar-refractivity contribution in [2.45, 2.75) is 10.9 Å². The molecule has 0 radical (unpaired) electrons. The molecule has 4 rings (SSSR count). The van der Waals surface area contributed by atoms with Crippen molar-refractivity contribution in [2.24, 2.45) is 7.05 Å². The Morgan fingerprint density at radius 2 is 1.88 bits per heavy atom. The summed E-state index contributed by atoms with van der Waals surface area (Å²) in [4.78, 5) is 21.6. The normalized spacial score (nSPS) is 11.3. The molecule has 0 fully saturated rings. The number of rotatable bonds is 3. The van der Waals surface area contributed by atoms with Crippen LogP contribution < -0.4 is 5.56 Å². The second-order valence-electron chi connectivity index (χ2n) is 5.67. The van der Waals surface area contributed by atoms with Gasteiger partial charge in [0.1, 0.15) is 0 Å². The number of hydrogen-bond donors (Lipinski definition) is 0. The highest BCUT2D eigenvalue weighted by Gasteiger charge is 2.11. The molecule has 0 amide bonds. The Bertz CT molecular complexity index is 1160. The molecule has 0 unspecified atom stereocenters. The van der Waals surface area contributed by atoms with Gasteiger partial charge in [-0.2, -0.15) is 0 Å². The second-order valence-corrected chi connectivity index (χ2v) is 7.02. The van der Waals surface area contributed by atoms with E-state index in [1.165, 1.54) is 11.8 Å². The van der Waals surface area contributed by atoms with Gasteiger partial charge in [-0.3, -0.25) is 14.3 Å². The number of nitrogens with zero attached hydrogens (tertiary/aromatic N) is 3. The smallest absolute Gasteiger partial charge is 0.261 e. The Kier molecular flexibility index (Phi) is 4.19. The lowest BCUT2D eigenvalue weighted by Crippen LogP contribution is -2.19. The molecule has 0 aliphatic heterocycles. The van der Waals surface area contributed by atoms with Crippen LogP contribution in [0.5, 0.6) is 0 Å². The van der Waals surface area contributed by atoms with Crippen molar-refractivity contribution in [2.75, 3.05) is 0 Å². The number of benzene rings is 2. The SMILES string of the molecule is Cn1c(SCc2ccc(Cl)c3cccnc23)nc2ccccc2c1=O. The summed E-state index contributed by atoms with van der Waals surface area (Å²) in [7, 11) is 1.75. The molecule has 2 aromatic carbocycles.